The van der Waals surface area contributed by atoms with Gasteiger partial charge in [0.05, 0.1) is 17.9 Å². The van der Waals surface area contributed by atoms with E-state index in [1.54, 1.807) is 29.4 Å². The quantitative estimate of drug-likeness (QED) is 0.634. The zero-order chi connectivity index (χ0) is 14.4. The first-order valence-electron chi connectivity index (χ1n) is 6.36. The first-order valence-corrected chi connectivity index (χ1v) is 6.36. The van der Waals surface area contributed by atoms with Crippen LogP contribution < -0.4 is 11.3 Å². The fourth-order valence-electron chi connectivity index (χ4n) is 1.81. The number of nitrogens with zero attached hydrogens (tertiary/aromatic N) is 3. The van der Waals surface area contributed by atoms with Crippen LogP contribution in [-0.4, -0.2) is 27.3 Å². The van der Waals surface area contributed by atoms with E-state index in [2.05, 4.69) is 15.4 Å². The molecule has 0 aliphatic heterocycles. The Labute approximate surface area is 117 Å². The number of pyridine rings is 2. The molecular weight excluding hydrogens is 254 g/mol. The van der Waals surface area contributed by atoms with Crippen molar-refractivity contribution in [3.05, 3.63) is 54.1 Å². The molecule has 2 rings (SSSR count). The Kier molecular flexibility index (Phi) is 4.62. The summed E-state index contributed by atoms with van der Waals surface area (Å²) in [5.41, 5.74) is 4.36. The highest BCUT2D eigenvalue weighted by Crippen LogP contribution is 2.10. The molecule has 0 fully saturated rings. The summed E-state index contributed by atoms with van der Waals surface area (Å²) in [5, 5.41) is 0. The first kappa shape index (κ1) is 14.0. The maximum absolute atomic E-state index is 12.4. The Morgan fingerprint density at radius 1 is 1.30 bits per heavy atom. The van der Waals surface area contributed by atoms with Crippen LogP contribution in [0.15, 0.2) is 42.7 Å². The molecule has 104 valence electrons. The van der Waals surface area contributed by atoms with Gasteiger partial charge in [0.2, 0.25) is 0 Å². The van der Waals surface area contributed by atoms with Gasteiger partial charge in [-0.3, -0.25) is 20.6 Å². The molecule has 0 spiro atoms. The van der Waals surface area contributed by atoms with Gasteiger partial charge in [0.1, 0.15) is 5.69 Å². The molecule has 0 aromatic carbocycles. The molecule has 3 N–H and O–H groups in total. The number of hydrogen-bond donors (Lipinski definition) is 2. The van der Waals surface area contributed by atoms with Crippen molar-refractivity contribution in [3.8, 4) is 0 Å². The van der Waals surface area contributed by atoms with Gasteiger partial charge in [0.15, 0.2) is 0 Å². The van der Waals surface area contributed by atoms with Crippen molar-refractivity contribution in [2.45, 2.75) is 13.5 Å². The standard InChI is InChI=1S/C14H17N5O/c1-2-19(10-12-5-3-4-7-16-12)14(20)13-9-11(18-15)6-8-17-13/h3-9H,2,10,15H2,1H3,(H,17,18). The SMILES string of the molecule is CCN(Cc1ccccn1)C(=O)c1cc(NN)ccn1. The Balaban J connectivity index is 2.16. The van der Waals surface area contributed by atoms with Crippen molar-refractivity contribution in [3.63, 3.8) is 0 Å². The number of hydrazine groups is 1. The van der Waals surface area contributed by atoms with Crippen LogP contribution >= 0.6 is 0 Å². The van der Waals surface area contributed by atoms with E-state index in [-0.39, 0.29) is 5.91 Å². The molecule has 2 heterocycles. The molecule has 0 radical (unpaired) electrons. The molecule has 0 saturated carbocycles. The average Bonchev–Trinajstić information content (AvgIpc) is 2.53. The van der Waals surface area contributed by atoms with Gasteiger partial charge in [-0.1, -0.05) is 6.07 Å². The van der Waals surface area contributed by atoms with Crippen LogP contribution in [-0.2, 0) is 6.54 Å². The lowest BCUT2D eigenvalue weighted by Gasteiger charge is -2.20. The predicted octanol–water partition coefficient (Wildman–Crippen LogP) is 1.42. The number of nitrogens with one attached hydrogen (secondary N) is 1. The van der Waals surface area contributed by atoms with E-state index in [4.69, 9.17) is 5.84 Å². The molecule has 6 nitrogen and oxygen atoms in total. The van der Waals surface area contributed by atoms with E-state index in [9.17, 15) is 4.79 Å². The van der Waals surface area contributed by atoms with Crippen LogP contribution in [0.5, 0.6) is 0 Å². The van der Waals surface area contributed by atoms with Gasteiger partial charge in [-0.25, -0.2) is 0 Å². The van der Waals surface area contributed by atoms with Crippen LogP contribution in [0.4, 0.5) is 5.69 Å². The molecule has 0 aliphatic rings. The molecule has 1 amide bonds. The minimum Gasteiger partial charge on any atom is -0.332 e. The number of nitrogen functional groups attached to an aromatic ring is 1. The van der Waals surface area contributed by atoms with Crippen LogP contribution in [0.1, 0.15) is 23.1 Å². The van der Waals surface area contributed by atoms with Crippen molar-refractivity contribution in [2.75, 3.05) is 12.0 Å². The topological polar surface area (TPSA) is 84.1 Å². The van der Waals surface area contributed by atoms with Crippen molar-refractivity contribution >= 4 is 11.6 Å². The molecule has 0 unspecified atom stereocenters. The average molecular weight is 271 g/mol. The lowest BCUT2D eigenvalue weighted by Crippen LogP contribution is -2.31. The van der Waals surface area contributed by atoms with Gasteiger partial charge in [-0.2, -0.15) is 0 Å². The summed E-state index contributed by atoms with van der Waals surface area (Å²) in [5.74, 6) is 5.20. The summed E-state index contributed by atoms with van der Waals surface area (Å²) < 4.78 is 0. The van der Waals surface area contributed by atoms with Gasteiger partial charge < -0.3 is 10.3 Å². The summed E-state index contributed by atoms with van der Waals surface area (Å²) in [7, 11) is 0. The Morgan fingerprint density at radius 2 is 2.15 bits per heavy atom. The largest absolute Gasteiger partial charge is 0.332 e. The highest BCUT2D eigenvalue weighted by atomic mass is 16.2. The van der Waals surface area contributed by atoms with E-state index in [0.29, 0.717) is 24.5 Å². The number of anilines is 1. The third-order valence-electron chi connectivity index (χ3n) is 2.89. The Morgan fingerprint density at radius 3 is 2.80 bits per heavy atom. The minimum atomic E-state index is -0.143. The molecule has 0 atom stereocenters. The lowest BCUT2D eigenvalue weighted by molar-refractivity contribution is 0.0745. The predicted molar refractivity (Wildman–Crippen MR) is 76.7 cm³/mol. The van der Waals surface area contributed by atoms with Crippen molar-refractivity contribution in [2.24, 2.45) is 5.84 Å². The van der Waals surface area contributed by atoms with Gasteiger partial charge in [0, 0.05) is 18.9 Å². The monoisotopic (exact) mass is 271 g/mol. The van der Waals surface area contributed by atoms with E-state index in [0.717, 1.165) is 5.69 Å². The molecule has 2 aromatic rings. The summed E-state index contributed by atoms with van der Waals surface area (Å²) in [6, 6.07) is 8.97. The second-order valence-corrected chi connectivity index (χ2v) is 4.21. The van der Waals surface area contributed by atoms with E-state index in [1.807, 2.05) is 25.1 Å². The smallest absolute Gasteiger partial charge is 0.272 e. The zero-order valence-corrected chi connectivity index (χ0v) is 11.3. The number of carbonyl (C=O) groups is 1. The van der Waals surface area contributed by atoms with Gasteiger partial charge in [-0.15, -0.1) is 0 Å². The van der Waals surface area contributed by atoms with Crippen LogP contribution in [0.25, 0.3) is 0 Å². The Hall–Kier alpha value is -2.47. The molecule has 6 heteroatoms. The third kappa shape index (κ3) is 3.30. The number of aromatic nitrogens is 2. The fraction of sp³-hybridized carbons (Fsp3) is 0.214. The number of rotatable bonds is 5. The molecule has 20 heavy (non-hydrogen) atoms. The van der Waals surface area contributed by atoms with Crippen LogP contribution in [0, 0.1) is 0 Å². The fourth-order valence-corrected chi connectivity index (χ4v) is 1.81. The summed E-state index contributed by atoms with van der Waals surface area (Å²) in [6.45, 7) is 2.96. The van der Waals surface area contributed by atoms with Crippen molar-refractivity contribution in [1.29, 1.82) is 0 Å². The van der Waals surface area contributed by atoms with Gasteiger partial charge in [-0.05, 0) is 31.2 Å². The second kappa shape index (κ2) is 6.63. The molecule has 0 saturated heterocycles. The summed E-state index contributed by atoms with van der Waals surface area (Å²) in [6.07, 6.45) is 3.27. The summed E-state index contributed by atoms with van der Waals surface area (Å²) in [4.78, 5) is 22.4. The number of amides is 1. The maximum atomic E-state index is 12.4. The van der Waals surface area contributed by atoms with Crippen LogP contribution in [0.2, 0.25) is 0 Å². The third-order valence-corrected chi connectivity index (χ3v) is 2.89. The van der Waals surface area contributed by atoms with E-state index < -0.39 is 0 Å². The zero-order valence-electron chi connectivity index (χ0n) is 11.3. The molecule has 2 aromatic heterocycles. The van der Waals surface area contributed by atoms with Crippen molar-refractivity contribution in [1.82, 2.24) is 14.9 Å². The lowest BCUT2D eigenvalue weighted by atomic mass is 10.2. The van der Waals surface area contributed by atoms with Gasteiger partial charge in [0.25, 0.3) is 5.91 Å². The molecule has 0 bridgehead atoms. The number of hydrogen-bond acceptors (Lipinski definition) is 5. The highest BCUT2D eigenvalue weighted by Gasteiger charge is 2.16. The van der Waals surface area contributed by atoms with Crippen LogP contribution in [0.3, 0.4) is 0 Å². The van der Waals surface area contributed by atoms with E-state index >= 15 is 0 Å². The Bertz CT molecular complexity index is 573. The summed E-state index contributed by atoms with van der Waals surface area (Å²) >= 11 is 0. The van der Waals surface area contributed by atoms with Gasteiger partial charge >= 0.3 is 0 Å². The van der Waals surface area contributed by atoms with Crippen molar-refractivity contribution < 1.29 is 4.79 Å². The number of nitrogens with two attached hydrogens (primary N) is 1. The maximum Gasteiger partial charge on any atom is 0.272 e. The first-order chi connectivity index (χ1) is 9.74. The van der Waals surface area contributed by atoms with E-state index in [1.165, 1.54) is 0 Å². The molecule has 0 aliphatic carbocycles. The number of carbonyl (C=O) groups excluding carboxylic acids is 1. The normalized spacial score (nSPS) is 10.1. The second-order valence-electron chi connectivity index (χ2n) is 4.21. The minimum absolute atomic E-state index is 0.143. The highest BCUT2D eigenvalue weighted by molar-refractivity contribution is 5.93. The molecular formula is C14H17N5O.